The van der Waals surface area contributed by atoms with E-state index >= 15 is 0 Å². The van der Waals surface area contributed by atoms with Gasteiger partial charge in [-0.25, -0.2) is 0 Å². The van der Waals surface area contributed by atoms with Crippen molar-refractivity contribution < 1.29 is 9.84 Å². The number of ether oxygens (including phenoxy) is 1. The van der Waals surface area contributed by atoms with Gasteiger partial charge in [0.15, 0.2) is 6.29 Å². The lowest BCUT2D eigenvalue weighted by atomic mass is 10.1. The molecule has 1 rings (SSSR count). The molecule has 2 unspecified atom stereocenters. The Morgan fingerprint density at radius 1 is 1.60 bits per heavy atom. The molecule has 58 valence electrons. The van der Waals surface area contributed by atoms with E-state index in [2.05, 4.69) is 6.58 Å². The third kappa shape index (κ3) is 2.12. The van der Waals surface area contributed by atoms with Gasteiger partial charge in [0.25, 0.3) is 0 Å². The minimum Gasteiger partial charge on any atom is -0.368 e. The van der Waals surface area contributed by atoms with Crippen LogP contribution < -0.4 is 0 Å². The second-order valence-corrected chi connectivity index (χ2v) is 2.67. The zero-order chi connectivity index (χ0) is 7.40. The van der Waals surface area contributed by atoms with Gasteiger partial charge >= 0.3 is 0 Å². The van der Waals surface area contributed by atoms with Gasteiger partial charge in [0.05, 0.1) is 6.10 Å². The van der Waals surface area contributed by atoms with Crippen LogP contribution in [-0.4, -0.2) is 17.5 Å². The molecule has 0 amide bonds. The predicted octanol–water partition coefficient (Wildman–Crippen LogP) is 1.45. The summed E-state index contributed by atoms with van der Waals surface area (Å²) in [5, 5.41) is 9.05. The maximum Gasteiger partial charge on any atom is 0.154 e. The molecule has 0 aromatic rings. The third-order valence-electron chi connectivity index (χ3n) is 1.76. The van der Waals surface area contributed by atoms with Gasteiger partial charge in [0.2, 0.25) is 0 Å². The lowest BCUT2D eigenvalue weighted by Crippen LogP contribution is -2.26. The second-order valence-electron chi connectivity index (χ2n) is 2.67. The molecule has 0 spiro atoms. The van der Waals surface area contributed by atoms with Crippen molar-refractivity contribution in [1.29, 1.82) is 0 Å². The van der Waals surface area contributed by atoms with Crippen LogP contribution in [0.1, 0.15) is 25.7 Å². The number of hydrogen-bond donors (Lipinski definition) is 1. The molecule has 2 atom stereocenters. The van der Waals surface area contributed by atoms with Crippen molar-refractivity contribution in [2.75, 3.05) is 0 Å². The van der Waals surface area contributed by atoms with Gasteiger partial charge in [-0.1, -0.05) is 6.08 Å². The van der Waals surface area contributed by atoms with Gasteiger partial charge in [0.1, 0.15) is 0 Å². The highest BCUT2D eigenvalue weighted by molar-refractivity contribution is 4.75. The predicted molar refractivity (Wildman–Crippen MR) is 39.5 cm³/mol. The van der Waals surface area contributed by atoms with E-state index in [1.807, 2.05) is 6.08 Å². The Morgan fingerprint density at radius 2 is 2.40 bits per heavy atom. The van der Waals surface area contributed by atoms with Gasteiger partial charge in [-0.15, -0.1) is 6.58 Å². The molecule has 1 aliphatic heterocycles. The van der Waals surface area contributed by atoms with Gasteiger partial charge in [-0.05, 0) is 25.7 Å². The largest absolute Gasteiger partial charge is 0.368 e. The molecule has 1 aliphatic rings. The summed E-state index contributed by atoms with van der Waals surface area (Å²) in [5.74, 6) is 0. The monoisotopic (exact) mass is 142 g/mol. The van der Waals surface area contributed by atoms with E-state index in [1.165, 1.54) is 0 Å². The summed E-state index contributed by atoms with van der Waals surface area (Å²) in [5.41, 5.74) is 0. The van der Waals surface area contributed by atoms with Crippen LogP contribution in [0, 0.1) is 0 Å². The highest BCUT2D eigenvalue weighted by Gasteiger charge is 2.18. The van der Waals surface area contributed by atoms with Gasteiger partial charge in [0, 0.05) is 0 Å². The maximum atomic E-state index is 9.05. The molecule has 0 saturated carbocycles. The Hall–Kier alpha value is -0.340. The minimum absolute atomic E-state index is 0.209. The van der Waals surface area contributed by atoms with Crippen molar-refractivity contribution in [1.82, 2.24) is 0 Å². The van der Waals surface area contributed by atoms with Crippen molar-refractivity contribution in [2.24, 2.45) is 0 Å². The lowest BCUT2D eigenvalue weighted by Gasteiger charge is -2.25. The Bertz CT molecular complexity index is 112. The Morgan fingerprint density at radius 3 is 3.00 bits per heavy atom. The summed E-state index contributed by atoms with van der Waals surface area (Å²) in [6.45, 7) is 3.62. The molecular weight excluding hydrogens is 128 g/mol. The van der Waals surface area contributed by atoms with Gasteiger partial charge in [-0.2, -0.15) is 0 Å². The fourth-order valence-corrected chi connectivity index (χ4v) is 1.24. The summed E-state index contributed by atoms with van der Waals surface area (Å²) in [7, 11) is 0. The van der Waals surface area contributed by atoms with Crippen molar-refractivity contribution in [3.63, 3.8) is 0 Å². The van der Waals surface area contributed by atoms with E-state index in [-0.39, 0.29) is 6.10 Å². The first-order chi connectivity index (χ1) is 4.83. The van der Waals surface area contributed by atoms with Crippen LogP contribution in [0.4, 0.5) is 0 Å². The van der Waals surface area contributed by atoms with Crippen LogP contribution >= 0.6 is 0 Å². The van der Waals surface area contributed by atoms with E-state index in [0.717, 1.165) is 25.7 Å². The molecular formula is C8H14O2. The average molecular weight is 142 g/mol. The van der Waals surface area contributed by atoms with Crippen LogP contribution in [0.2, 0.25) is 0 Å². The minimum atomic E-state index is -0.529. The van der Waals surface area contributed by atoms with Crippen molar-refractivity contribution in [2.45, 2.75) is 38.1 Å². The van der Waals surface area contributed by atoms with Crippen LogP contribution in [0.5, 0.6) is 0 Å². The standard InChI is InChI=1S/C8H14O2/c1-2-4-7-5-3-6-8(9)10-7/h2,7-9H,1,3-6H2. The Kier molecular flexibility index (Phi) is 2.90. The summed E-state index contributed by atoms with van der Waals surface area (Å²) in [4.78, 5) is 0. The summed E-state index contributed by atoms with van der Waals surface area (Å²) in [6.07, 6.45) is 5.29. The number of rotatable bonds is 2. The zero-order valence-corrected chi connectivity index (χ0v) is 6.12. The van der Waals surface area contributed by atoms with Crippen molar-refractivity contribution in [3.8, 4) is 0 Å². The zero-order valence-electron chi connectivity index (χ0n) is 6.12. The number of hydrogen-bond acceptors (Lipinski definition) is 2. The van der Waals surface area contributed by atoms with Crippen LogP contribution in [0.25, 0.3) is 0 Å². The first-order valence-corrected chi connectivity index (χ1v) is 3.77. The molecule has 2 heteroatoms. The Balaban J connectivity index is 2.24. The van der Waals surface area contributed by atoms with E-state index < -0.39 is 6.29 Å². The summed E-state index contributed by atoms with van der Waals surface area (Å²) < 4.78 is 5.21. The molecule has 1 heterocycles. The average Bonchev–Trinajstić information content (AvgIpc) is 1.88. The SMILES string of the molecule is C=CCC1CCCC(O)O1. The molecule has 1 fully saturated rings. The number of aliphatic hydroxyl groups excluding tert-OH is 1. The molecule has 0 aromatic carbocycles. The van der Waals surface area contributed by atoms with Gasteiger partial charge < -0.3 is 9.84 Å². The fraction of sp³-hybridized carbons (Fsp3) is 0.750. The highest BCUT2D eigenvalue weighted by atomic mass is 16.6. The lowest BCUT2D eigenvalue weighted by molar-refractivity contribution is -0.161. The molecule has 0 aromatic heterocycles. The van der Waals surface area contributed by atoms with E-state index in [0.29, 0.717) is 0 Å². The summed E-state index contributed by atoms with van der Waals surface area (Å²) in [6, 6.07) is 0. The first kappa shape index (κ1) is 7.76. The summed E-state index contributed by atoms with van der Waals surface area (Å²) >= 11 is 0. The smallest absolute Gasteiger partial charge is 0.154 e. The topological polar surface area (TPSA) is 29.5 Å². The normalized spacial score (nSPS) is 33.7. The first-order valence-electron chi connectivity index (χ1n) is 3.77. The highest BCUT2D eigenvalue weighted by Crippen LogP contribution is 2.19. The van der Waals surface area contributed by atoms with Gasteiger partial charge in [-0.3, -0.25) is 0 Å². The van der Waals surface area contributed by atoms with E-state index in [1.54, 1.807) is 0 Å². The third-order valence-corrected chi connectivity index (χ3v) is 1.76. The van der Waals surface area contributed by atoms with Crippen molar-refractivity contribution >= 4 is 0 Å². The quantitative estimate of drug-likeness (QED) is 0.591. The Labute approximate surface area is 61.5 Å². The molecule has 1 N–H and O–H groups in total. The number of aliphatic hydroxyl groups is 1. The molecule has 0 radical (unpaired) electrons. The van der Waals surface area contributed by atoms with Crippen LogP contribution in [0.15, 0.2) is 12.7 Å². The molecule has 10 heavy (non-hydrogen) atoms. The van der Waals surface area contributed by atoms with Crippen LogP contribution in [0.3, 0.4) is 0 Å². The van der Waals surface area contributed by atoms with Crippen LogP contribution in [-0.2, 0) is 4.74 Å². The van der Waals surface area contributed by atoms with Crippen molar-refractivity contribution in [3.05, 3.63) is 12.7 Å². The van der Waals surface area contributed by atoms with E-state index in [4.69, 9.17) is 9.84 Å². The fourth-order valence-electron chi connectivity index (χ4n) is 1.24. The maximum absolute atomic E-state index is 9.05. The molecule has 1 saturated heterocycles. The van der Waals surface area contributed by atoms with E-state index in [9.17, 15) is 0 Å². The molecule has 2 nitrogen and oxygen atoms in total. The molecule has 0 aliphatic carbocycles. The second kappa shape index (κ2) is 3.74. The molecule has 0 bridgehead atoms.